The largest absolute Gasteiger partial charge is 0.385 e. The van der Waals surface area contributed by atoms with Crippen LogP contribution in [0.1, 0.15) is 27.2 Å². The summed E-state index contributed by atoms with van der Waals surface area (Å²) < 4.78 is 10.6. The minimum absolute atomic E-state index is 0.127. The third-order valence-electron chi connectivity index (χ3n) is 1.99. The van der Waals surface area contributed by atoms with Gasteiger partial charge in [-0.2, -0.15) is 0 Å². The lowest BCUT2D eigenvalue weighted by atomic mass is 9.89. The van der Waals surface area contributed by atoms with Crippen LogP contribution in [0.4, 0.5) is 0 Å². The summed E-state index contributed by atoms with van der Waals surface area (Å²) in [5.41, 5.74) is 5.74. The highest BCUT2D eigenvalue weighted by molar-refractivity contribution is 4.74. The standard InChI is InChI=1S/C10H23NO2/c1-10(2,3)9(8-11)13-7-5-6-12-4/h9H,5-8,11H2,1-4H3. The second-order valence-corrected chi connectivity index (χ2v) is 4.31. The van der Waals surface area contributed by atoms with E-state index in [1.807, 2.05) is 0 Å². The van der Waals surface area contributed by atoms with E-state index >= 15 is 0 Å². The maximum atomic E-state index is 5.65. The lowest BCUT2D eigenvalue weighted by Gasteiger charge is -2.29. The maximum absolute atomic E-state index is 5.65. The number of hydrogen-bond donors (Lipinski definition) is 1. The van der Waals surface area contributed by atoms with Crippen LogP contribution in [-0.2, 0) is 9.47 Å². The van der Waals surface area contributed by atoms with Crippen LogP contribution in [-0.4, -0.2) is 33.0 Å². The molecule has 0 fully saturated rings. The molecule has 1 unspecified atom stereocenters. The molecule has 0 aromatic rings. The Bertz CT molecular complexity index is 121. The predicted octanol–water partition coefficient (Wildman–Crippen LogP) is 1.41. The highest BCUT2D eigenvalue weighted by atomic mass is 16.5. The summed E-state index contributed by atoms with van der Waals surface area (Å²) >= 11 is 0. The summed E-state index contributed by atoms with van der Waals surface area (Å²) in [6.07, 6.45) is 1.08. The average Bonchev–Trinajstić information content (AvgIpc) is 2.02. The molecule has 0 rings (SSSR count). The fraction of sp³-hybridized carbons (Fsp3) is 1.00. The molecule has 0 spiro atoms. The Hall–Kier alpha value is -0.120. The zero-order valence-corrected chi connectivity index (χ0v) is 9.30. The van der Waals surface area contributed by atoms with E-state index in [1.165, 1.54) is 0 Å². The van der Waals surface area contributed by atoms with Gasteiger partial charge in [-0.3, -0.25) is 0 Å². The van der Waals surface area contributed by atoms with Crippen LogP contribution >= 0.6 is 0 Å². The molecule has 0 aliphatic heterocycles. The van der Waals surface area contributed by atoms with Gasteiger partial charge in [-0.25, -0.2) is 0 Å². The molecular weight excluding hydrogens is 166 g/mol. The molecule has 0 aromatic carbocycles. The third-order valence-corrected chi connectivity index (χ3v) is 1.99. The zero-order valence-electron chi connectivity index (χ0n) is 9.30. The first-order chi connectivity index (χ1) is 6.02. The normalized spacial score (nSPS) is 14.5. The highest BCUT2D eigenvalue weighted by Crippen LogP contribution is 2.21. The van der Waals surface area contributed by atoms with Crippen molar-refractivity contribution in [2.75, 3.05) is 26.9 Å². The van der Waals surface area contributed by atoms with Gasteiger partial charge in [-0.05, 0) is 11.8 Å². The molecule has 0 radical (unpaired) electrons. The topological polar surface area (TPSA) is 44.5 Å². The van der Waals surface area contributed by atoms with Crippen LogP contribution in [0.3, 0.4) is 0 Å². The van der Waals surface area contributed by atoms with E-state index in [9.17, 15) is 0 Å². The number of rotatable bonds is 6. The van der Waals surface area contributed by atoms with Crippen molar-refractivity contribution in [3.63, 3.8) is 0 Å². The van der Waals surface area contributed by atoms with Crippen LogP contribution in [0.25, 0.3) is 0 Å². The lowest BCUT2D eigenvalue weighted by Crippen LogP contribution is -2.36. The second-order valence-electron chi connectivity index (χ2n) is 4.31. The van der Waals surface area contributed by atoms with Crippen molar-refractivity contribution in [1.82, 2.24) is 0 Å². The number of nitrogens with two attached hydrogens (primary N) is 1. The molecule has 3 heteroatoms. The molecule has 0 amide bonds. The minimum atomic E-state index is 0.127. The Labute approximate surface area is 81.6 Å². The van der Waals surface area contributed by atoms with Gasteiger partial charge in [-0.15, -0.1) is 0 Å². The number of methoxy groups -OCH3 is 1. The summed E-state index contributed by atoms with van der Waals surface area (Å²) in [5.74, 6) is 0. The van der Waals surface area contributed by atoms with E-state index < -0.39 is 0 Å². The molecule has 2 N–H and O–H groups in total. The van der Waals surface area contributed by atoms with Crippen LogP contribution in [0, 0.1) is 5.41 Å². The van der Waals surface area contributed by atoms with Crippen LogP contribution in [0.2, 0.25) is 0 Å². The van der Waals surface area contributed by atoms with Gasteiger partial charge in [0.2, 0.25) is 0 Å². The molecular formula is C10H23NO2. The number of hydrogen-bond acceptors (Lipinski definition) is 3. The van der Waals surface area contributed by atoms with Crippen molar-refractivity contribution < 1.29 is 9.47 Å². The molecule has 1 atom stereocenters. The quantitative estimate of drug-likeness (QED) is 0.643. The predicted molar refractivity (Wildman–Crippen MR) is 54.7 cm³/mol. The molecule has 0 saturated carbocycles. The van der Waals surface area contributed by atoms with Crippen molar-refractivity contribution in [2.24, 2.45) is 11.1 Å². The van der Waals surface area contributed by atoms with Crippen LogP contribution < -0.4 is 5.73 Å². The van der Waals surface area contributed by atoms with Gasteiger partial charge < -0.3 is 15.2 Å². The Morgan fingerprint density at radius 1 is 1.23 bits per heavy atom. The summed E-state index contributed by atoms with van der Waals surface area (Å²) in [7, 11) is 1.70. The molecule has 0 aliphatic rings. The van der Waals surface area contributed by atoms with Crippen molar-refractivity contribution in [1.29, 1.82) is 0 Å². The average molecular weight is 189 g/mol. The lowest BCUT2D eigenvalue weighted by molar-refractivity contribution is -0.0179. The molecule has 0 bridgehead atoms. The van der Waals surface area contributed by atoms with Gasteiger partial charge in [0.1, 0.15) is 0 Å². The van der Waals surface area contributed by atoms with Crippen molar-refractivity contribution >= 4 is 0 Å². The van der Waals surface area contributed by atoms with Gasteiger partial charge in [0.05, 0.1) is 6.10 Å². The van der Waals surface area contributed by atoms with Gasteiger partial charge in [-0.1, -0.05) is 20.8 Å². The van der Waals surface area contributed by atoms with Crippen LogP contribution in [0.5, 0.6) is 0 Å². The smallest absolute Gasteiger partial charge is 0.0745 e. The maximum Gasteiger partial charge on any atom is 0.0745 e. The third kappa shape index (κ3) is 6.02. The Morgan fingerprint density at radius 3 is 2.23 bits per heavy atom. The SMILES string of the molecule is COCCCOC(CN)C(C)(C)C. The van der Waals surface area contributed by atoms with E-state index in [-0.39, 0.29) is 11.5 Å². The van der Waals surface area contributed by atoms with Gasteiger partial charge in [0, 0.05) is 26.9 Å². The highest BCUT2D eigenvalue weighted by Gasteiger charge is 2.23. The first kappa shape index (κ1) is 12.9. The van der Waals surface area contributed by atoms with E-state index in [1.54, 1.807) is 7.11 Å². The molecule has 13 heavy (non-hydrogen) atoms. The molecule has 0 saturated heterocycles. The Kier molecular flexibility index (Phi) is 6.29. The fourth-order valence-corrected chi connectivity index (χ4v) is 1.10. The summed E-state index contributed by atoms with van der Waals surface area (Å²) in [6.45, 7) is 8.48. The van der Waals surface area contributed by atoms with E-state index in [4.69, 9.17) is 15.2 Å². The Morgan fingerprint density at radius 2 is 1.85 bits per heavy atom. The minimum Gasteiger partial charge on any atom is -0.385 e. The molecule has 80 valence electrons. The summed E-state index contributed by atoms with van der Waals surface area (Å²) in [6, 6.07) is 0. The van der Waals surface area contributed by atoms with E-state index in [0.717, 1.165) is 19.6 Å². The van der Waals surface area contributed by atoms with E-state index in [2.05, 4.69) is 20.8 Å². The van der Waals surface area contributed by atoms with Gasteiger partial charge in [0.15, 0.2) is 0 Å². The van der Waals surface area contributed by atoms with Crippen LogP contribution in [0.15, 0.2) is 0 Å². The van der Waals surface area contributed by atoms with Crippen molar-refractivity contribution in [2.45, 2.75) is 33.3 Å². The van der Waals surface area contributed by atoms with Crippen molar-refractivity contribution in [3.8, 4) is 0 Å². The molecule has 3 nitrogen and oxygen atoms in total. The first-order valence-corrected chi connectivity index (χ1v) is 4.83. The monoisotopic (exact) mass is 189 g/mol. The zero-order chi connectivity index (χ0) is 10.3. The Balaban J connectivity index is 3.61. The molecule has 0 aliphatic carbocycles. The van der Waals surface area contributed by atoms with Gasteiger partial charge >= 0.3 is 0 Å². The molecule has 0 aromatic heterocycles. The van der Waals surface area contributed by atoms with Crippen molar-refractivity contribution in [3.05, 3.63) is 0 Å². The first-order valence-electron chi connectivity index (χ1n) is 4.83. The molecule has 0 heterocycles. The second kappa shape index (κ2) is 6.35. The summed E-state index contributed by atoms with van der Waals surface area (Å²) in [5, 5.41) is 0. The summed E-state index contributed by atoms with van der Waals surface area (Å²) in [4.78, 5) is 0. The van der Waals surface area contributed by atoms with Gasteiger partial charge in [0.25, 0.3) is 0 Å². The van der Waals surface area contributed by atoms with E-state index in [0.29, 0.717) is 6.54 Å². The fourth-order valence-electron chi connectivity index (χ4n) is 1.10. The number of ether oxygens (including phenoxy) is 2.